The number of carboxylic acid groups (broad SMARTS) is 1. The lowest BCUT2D eigenvalue weighted by Crippen LogP contribution is -2.25. The van der Waals surface area contributed by atoms with Crippen molar-refractivity contribution in [1.29, 1.82) is 0 Å². The van der Waals surface area contributed by atoms with E-state index in [4.69, 9.17) is 9.84 Å². The predicted molar refractivity (Wildman–Crippen MR) is 37.9 cm³/mol. The highest BCUT2D eigenvalue weighted by atomic mass is 16.5. The highest BCUT2D eigenvalue weighted by molar-refractivity contribution is 5.70. The fourth-order valence-corrected chi connectivity index (χ4v) is 0.608. The third-order valence-electron chi connectivity index (χ3n) is 1.52. The first-order valence-corrected chi connectivity index (χ1v) is 3.44. The third kappa shape index (κ3) is 2.82. The Balaban J connectivity index is 3.69. The Morgan fingerprint density at radius 3 is 2.40 bits per heavy atom. The van der Waals surface area contributed by atoms with Crippen LogP contribution in [0.15, 0.2) is 0 Å². The number of aliphatic carboxylic acids is 1. The summed E-state index contributed by atoms with van der Waals surface area (Å²) >= 11 is 0. The van der Waals surface area contributed by atoms with Crippen molar-refractivity contribution in [3.8, 4) is 0 Å². The van der Waals surface area contributed by atoms with Gasteiger partial charge in [-0.1, -0.05) is 0 Å². The monoisotopic (exact) mass is 146 g/mol. The van der Waals surface area contributed by atoms with Gasteiger partial charge in [0.15, 0.2) is 0 Å². The molecule has 0 aromatic carbocycles. The van der Waals surface area contributed by atoms with Gasteiger partial charge in [-0.25, -0.2) is 0 Å². The molecule has 0 bridgehead atoms. The van der Waals surface area contributed by atoms with Crippen LogP contribution in [0.1, 0.15) is 20.8 Å². The first kappa shape index (κ1) is 9.43. The molecule has 1 N–H and O–H groups in total. The molecule has 2 atom stereocenters. The Labute approximate surface area is 61.0 Å². The van der Waals surface area contributed by atoms with Crippen LogP contribution in [0.2, 0.25) is 0 Å². The van der Waals surface area contributed by atoms with Gasteiger partial charge in [-0.2, -0.15) is 0 Å². The van der Waals surface area contributed by atoms with E-state index in [2.05, 4.69) is 0 Å². The maximum Gasteiger partial charge on any atom is 0.308 e. The SMILES string of the molecule is CCOC(C)C(C)C(=O)O. The van der Waals surface area contributed by atoms with Crippen LogP contribution in [0.5, 0.6) is 0 Å². The van der Waals surface area contributed by atoms with E-state index in [1.54, 1.807) is 13.8 Å². The summed E-state index contributed by atoms with van der Waals surface area (Å²) in [5.74, 6) is -1.22. The maximum absolute atomic E-state index is 10.3. The molecule has 0 amide bonds. The van der Waals surface area contributed by atoms with Gasteiger partial charge in [0, 0.05) is 6.61 Å². The van der Waals surface area contributed by atoms with Crippen molar-refractivity contribution in [2.45, 2.75) is 26.9 Å². The van der Waals surface area contributed by atoms with Gasteiger partial charge in [0.25, 0.3) is 0 Å². The van der Waals surface area contributed by atoms with E-state index in [0.29, 0.717) is 6.61 Å². The molecule has 2 unspecified atom stereocenters. The predicted octanol–water partition coefficient (Wildman–Crippen LogP) is 1.13. The number of ether oxygens (including phenoxy) is 1. The minimum Gasteiger partial charge on any atom is -0.481 e. The zero-order valence-corrected chi connectivity index (χ0v) is 6.63. The van der Waals surface area contributed by atoms with Crippen molar-refractivity contribution in [3.63, 3.8) is 0 Å². The fraction of sp³-hybridized carbons (Fsp3) is 0.857. The van der Waals surface area contributed by atoms with Gasteiger partial charge < -0.3 is 9.84 Å². The van der Waals surface area contributed by atoms with E-state index in [1.165, 1.54) is 0 Å². The smallest absolute Gasteiger partial charge is 0.308 e. The first-order valence-electron chi connectivity index (χ1n) is 3.44. The molecule has 0 radical (unpaired) electrons. The van der Waals surface area contributed by atoms with Crippen LogP contribution >= 0.6 is 0 Å². The Morgan fingerprint density at radius 1 is 1.60 bits per heavy atom. The Morgan fingerprint density at radius 2 is 2.10 bits per heavy atom. The van der Waals surface area contributed by atoms with Gasteiger partial charge in [0.05, 0.1) is 12.0 Å². The standard InChI is InChI=1S/C7H14O3/c1-4-10-6(3)5(2)7(8)9/h5-6H,4H2,1-3H3,(H,8,9). The lowest BCUT2D eigenvalue weighted by atomic mass is 10.1. The molecule has 0 aliphatic rings. The molecule has 0 fully saturated rings. The zero-order chi connectivity index (χ0) is 8.15. The minimum atomic E-state index is -0.805. The number of rotatable bonds is 4. The minimum absolute atomic E-state index is 0.192. The number of hydrogen-bond donors (Lipinski definition) is 1. The second kappa shape index (κ2) is 4.28. The van der Waals surface area contributed by atoms with Crippen LogP contribution in [0, 0.1) is 5.92 Å². The highest BCUT2D eigenvalue weighted by Crippen LogP contribution is 2.05. The van der Waals surface area contributed by atoms with Gasteiger partial charge in [-0.15, -0.1) is 0 Å². The average Bonchev–Trinajstić information content (AvgIpc) is 1.87. The Hall–Kier alpha value is -0.570. The summed E-state index contributed by atoms with van der Waals surface area (Å²) in [5, 5.41) is 8.50. The maximum atomic E-state index is 10.3. The number of carboxylic acids is 1. The summed E-state index contributed by atoms with van der Waals surface area (Å²) in [5.41, 5.74) is 0. The highest BCUT2D eigenvalue weighted by Gasteiger charge is 2.18. The summed E-state index contributed by atoms with van der Waals surface area (Å²) in [6.07, 6.45) is -0.192. The first-order chi connectivity index (χ1) is 4.59. The van der Waals surface area contributed by atoms with Crippen LogP contribution in [0.3, 0.4) is 0 Å². The molecular formula is C7H14O3. The molecule has 0 saturated carbocycles. The molecule has 0 aliphatic carbocycles. The molecule has 0 spiro atoms. The quantitative estimate of drug-likeness (QED) is 0.646. The van der Waals surface area contributed by atoms with Crippen LogP contribution in [0.4, 0.5) is 0 Å². The van der Waals surface area contributed by atoms with E-state index in [0.717, 1.165) is 0 Å². The summed E-state index contributed by atoms with van der Waals surface area (Å²) in [4.78, 5) is 10.3. The molecule has 3 heteroatoms. The zero-order valence-electron chi connectivity index (χ0n) is 6.63. The Kier molecular flexibility index (Phi) is 4.03. The second-order valence-corrected chi connectivity index (χ2v) is 2.29. The lowest BCUT2D eigenvalue weighted by molar-refractivity contribution is -0.145. The van der Waals surface area contributed by atoms with E-state index in [-0.39, 0.29) is 6.10 Å². The van der Waals surface area contributed by atoms with E-state index in [1.807, 2.05) is 6.92 Å². The van der Waals surface area contributed by atoms with Crippen molar-refractivity contribution in [2.24, 2.45) is 5.92 Å². The van der Waals surface area contributed by atoms with Crippen LogP contribution in [-0.4, -0.2) is 23.8 Å². The summed E-state index contributed by atoms with van der Waals surface area (Å²) in [7, 11) is 0. The lowest BCUT2D eigenvalue weighted by Gasteiger charge is -2.14. The molecule has 10 heavy (non-hydrogen) atoms. The van der Waals surface area contributed by atoms with Gasteiger partial charge >= 0.3 is 5.97 Å². The van der Waals surface area contributed by atoms with E-state index >= 15 is 0 Å². The van der Waals surface area contributed by atoms with Gasteiger partial charge in [-0.05, 0) is 20.8 Å². The van der Waals surface area contributed by atoms with Crippen LogP contribution < -0.4 is 0 Å². The van der Waals surface area contributed by atoms with Gasteiger partial charge in [-0.3, -0.25) is 4.79 Å². The number of hydrogen-bond acceptors (Lipinski definition) is 2. The fourth-order valence-electron chi connectivity index (χ4n) is 0.608. The van der Waals surface area contributed by atoms with Crippen molar-refractivity contribution >= 4 is 5.97 Å². The summed E-state index contributed by atoms with van der Waals surface area (Å²) in [6, 6.07) is 0. The van der Waals surface area contributed by atoms with Crippen molar-refractivity contribution in [2.75, 3.05) is 6.61 Å². The molecule has 60 valence electrons. The molecule has 0 aromatic heterocycles. The Bertz CT molecular complexity index is 111. The normalized spacial score (nSPS) is 16.3. The van der Waals surface area contributed by atoms with Crippen LogP contribution in [0.25, 0.3) is 0 Å². The van der Waals surface area contributed by atoms with Gasteiger partial charge in [0.1, 0.15) is 0 Å². The van der Waals surface area contributed by atoms with Crippen LogP contribution in [-0.2, 0) is 9.53 Å². The molecule has 3 nitrogen and oxygen atoms in total. The van der Waals surface area contributed by atoms with Crippen molar-refractivity contribution in [1.82, 2.24) is 0 Å². The third-order valence-corrected chi connectivity index (χ3v) is 1.52. The topological polar surface area (TPSA) is 46.5 Å². The molecular weight excluding hydrogens is 132 g/mol. The van der Waals surface area contributed by atoms with E-state index < -0.39 is 11.9 Å². The van der Waals surface area contributed by atoms with E-state index in [9.17, 15) is 4.79 Å². The largest absolute Gasteiger partial charge is 0.481 e. The summed E-state index contributed by atoms with van der Waals surface area (Å²) < 4.78 is 5.08. The molecule has 0 aliphatic heterocycles. The van der Waals surface area contributed by atoms with Crippen molar-refractivity contribution < 1.29 is 14.6 Å². The average molecular weight is 146 g/mol. The molecule has 0 saturated heterocycles. The van der Waals surface area contributed by atoms with Crippen molar-refractivity contribution in [3.05, 3.63) is 0 Å². The second-order valence-electron chi connectivity index (χ2n) is 2.29. The number of carbonyl (C=O) groups is 1. The van der Waals surface area contributed by atoms with Gasteiger partial charge in [0.2, 0.25) is 0 Å². The molecule has 0 rings (SSSR count). The summed E-state index contributed by atoms with van der Waals surface area (Å²) in [6.45, 7) is 5.83. The molecule has 0 heterocycles. The molecule has 0 aromatic rings.